The summed E-state index contributed by atoms with van der Waals surface area (Å²) in [7, 11) is 9.54. The minimum absolute atomic E-state index is 0.0227. The second-order valence-corrected chi connectivity index (χ2v) is 29.9. The summed E-state index contributed by atoms with van der Waals surface area (Å²) in [6.45, 7) is 18.2. The van der Waals surface area contributed by atoms with Crippen LogP contribution in [0.3, 0.4) is 0 Å². The first-order valence-corrected chi connectivity index (χ1v) is 36.1. The molecular formula is C79H105N15O12. The predicted octanol–water partition coefficient (Wildman–Crippen LogP) is 12.4. The summed E-state index contributed by atoms with van der Waals surface area (Å²) in [5.41, 5.74) is -0.0594. The molecule has 5 aromatic carbocycles. The van der Waals surface area contributed by atoms with E-state index >= 15 is 0 Å². The van der Waals surface area contributed by atoms with E-state index in [1.54, 1.807) is 78.7 Å². The maximum Gasteiger partial charge on any atom is 0.291 e. The van der Waals surface area contributed by atoms with E-state index < -0.39 is 28.1 Å². The predicted molar refractivity (Wildman–Crippen MR) is 420 cm³/mol. The number of aromatic nitrogens is 6. The number of amides is 3. The Morgan fingerprint density at radius 1 is 0.443 bits per heavy atom. The highest BCUT2D eigenvalue weighted by Gasteiger charge is 2.31. The molecule has 3 amide bonds. The Hall–Kier alpha value is -11.3. The first-order valence-electron chi connectivity index (χ1n) is 36.1. The molecule has 2 saturated carbocycles. The molecule has 3 atom stereocenters. The number of aromatic hydroxyl groups is 3. The number of anilines is 9. The third kappa shape index (κ3) is 19.4. The average molecular weight is 1460 g/mol. The van der Waals surface area contributed by atoms with Crippen molar-refractivity contribution in [1.82, 2.24) is 44.0 Å². The number of carbonyl (C=O) groups is 3. The monoisotopic (exact) mass is 1460 g/mol. The molecule has 27 heteroatoms. The van der Waals surface area contributed by atoms with Gasteiger partial charge >= 0.3 is 0 Å². The van der Waals surface area contributed by atoms with Crippen LogP contribution in [0.4, 0.5) is 51.2 Å². The van der Waals surface area contributed by atoms with E-state index in [9.17, 15) is 58.5 Å². The largest absolute Gasteiger partial charge is 0.505 e. The average Bonchev–Trinajstić information content (AvgIpc) is 0.786. The fourth-order valence-electron chi connectivity index (χ4n) is 12.3. The van der Waals surface area contributed by atoms with E-state index in [-0.39, 0.29) is 156 Å². The molecule has 2 aliphatic carbocycles. The number of nitrogens with one attached hydrogen (secondary N) is 9. The van der Waals surface area contributed by atoms with Crippen LogP contribution in [0.1, 0.15) is 193 Å². The Labute approximate surface area is 617 Å². The first kappa shape index (κ1) is 80.4. The number of carbonyl (C=O) groups excluding carboxylic acids is 3. The lowest BCUT2D eigenvalue weighted by molar-refractivity contribution is 0.0817. The van der Waals surface area contributed by atoms with Crippen molar-refractivity contribution in [2.75, 3.05) is 74.2 Å². The minimum atomic E-state index is -0.487. The molecule has 2 fully saturated rings. The molecule has 0 saturated heterocycles. The van der Waals surface area contributed by atoms with Crippen molar-refractivity contribution in [3.8, 4) is 17.2 Å². The fraction of sp³-hybridized carbons (Fsp3) is 0.430. The van der Waals surface area contributed by atoms with Crippen molar-refractivity contribution in [2.24, 2.45) is 10.8 Å². The molecule has 0 radical (unpaired) electrons. The van der Waals surface area contributed by atoms with Gasteiger partial charge in [0.05, 0.1) is 58.4 Å². The molecule has 10 rings (SSSR count). The normalized spacial score (nSPS) is 14.1. The smallest absolute Gasteiger partial charge is 0.291 e. The van der Waals surface area contributed by atoms with Crippen LogP contribution in [-0.4, -0.2) is 131 Å². The number of aromatic amines is 3. The summed E-state index contributed by atoms with van der Waals surface area (Å²) >= 11 is 0. The Balaban J connectivity index is 0.000000201. The number of phenols is 3. The van der Waals surface area contributed by atoms with Crippen molar-refractivity contribution in [3.05, 3.63) is 205 Å². The van der Waals surface area contributed by atoms with E-state index in [0.29, 0.717) is 6.42 Å². The fourth-order valence-corrected chi connectivity index (χ4v) is 12.3. The van der Waals surface area contributed by atoms with Gasteiger partial charge in [-0.15, -0.1) is 0 Å². The van der Waals surface area contributed by atoms with Gasteiger partial charge in [-0.1, -0.05) is 166 Å². The van der Waals surface area contributed by atoms with Crippen LogP contribution in [0.15, 0.2) is 144 Å². The van der Waals surface area contributed by atoms with Gasteiger partial charge in [-0.3, -0.25) is 58.4 Å². The van der Waals surface area contributed by atoms with Crippen LogP contribution in [0.2, 0.25) is 0 Å². The molecular weight excluding hydrogens is 1350 g/mol. The van der Waals surface area contributed by atoms with Crippen LogP contribution in [0.5, 0.6) is 17.2 Å². The zero-order chi connectivity index (χ0) is 77.6. The van der Waals surface area contributed by atoms with Crippen LogP contribution in [0, 0.1) is 10.8 Å². The van der Waals surface area contributed by atoms with Gasteiger partial charge in [-0.05, 0) is 104 Å². The highest BCUT2D eigenvalue weighted by atomic mass is 16.3. The van der Waals surface area contributed by atoms with Crippen molar-refractivity contribution < 1.29 is 29.7 Å². The quantitative estimate of drug-likeness (QED) is 0.0297. The maximum absolute atomic E-state index is 13.8. The van der Waals surface area contributed by atoms with Crippen LogP contribution in [0.25, 0.3) is 0 Å². The number of hydrogen-bond donors (Lipinski definition) is 12. The van der Waals surface area contributed by atoms with Crippen molar-refractivity contribution in [1.29, 1.82) is 0 Å². The maximum atomic E-state index is 13.8. The third-order valence-electron chi connectivity index (χ3n) is 19.5. The topological polar surface area (TPSA) is 358 Å². The number of rotatable bonds is 21. The lowest BCUT2D eigenvalue weighted by Gasteiger charge is -2.30. The minimum Gasteiger partial charge on any atom is -0.505 e. The summed E-state index contributed by atoms with van der Waals surface area (Å²) in [5.74, 6) is -2.01. The molecule has 27 nitrogen and oxygen atoms in total. The number of nitrogens with zero attached hydrogens (tertiary/aromatic N) is 6. The standard InChI is InChI=1S/C28H35N5O4.C26H33N5O4.C25H37N5O4/c1-4-21(18-12-7-5-8-13-18)29-23-24(28(37)33(31-26(23)35)19-14-9-6-10-15-19)30-22-17-11-16-20(25(22)34)27(36)32(2)3;1-16(26(2,3)4)27-20-21(28-19-14-10-13-18(22(19)32)24(34)30(5)6)25(35)31(29-23(20)33)15-17-11-8-7-9-12-17;1-15(25(2,3)4)26-19-20(24(34)30(28-22(19)32)16-11-8-7-9-12-16)27-18-14-10-13-17(21(18)31)23(33)29(5)6/h5,7-8,11-13,16-17,19,21,29-30,34H,4,6,9-10,14-15H2,1-3H3,(H,31,35);7-14,16,27-28,32H,15H2,1-6H3,(H,29,33);10,13-16,26-27,31H,7-9,11-12H2,1-6H3,(H,28,32)/t21-;16-;15-/m100/s1. The summed E-state index contributed by atoms with van der Waals surface area (Å²) < 4.78 is 4.06. The van der Waals surface area contributed by atoms with Crippen LogP contribution in [-0.2, 0) is 6.54 Å². The molecule has 3 heterocycles. The van der Waals surface area contributed by atoms with Gasteiger partial charge in [-0.25, -0.2) is 14.0 Å². The van der Waals surface area contributed by atoms with Gasteiger partial charge in [0.2, 0.25) is 0 Å². The van der Waals surface area contributed by atoms with E-state index in [0.717, 1.165) is 75.3 Å². The highest BCUT2D eigenvalue weighted by Crippen LogP contribution is 2.38. The van der Waals surface area contributed by atoms with Gasteiger partial charge in [0.1, 0.15) is 34.1 Å². The molecule has 12 N–H and O–H groups in total. The number of para-hydroxylation sites is 3. The molecule has 8 aromatic rings. The number of hydrogen-bond acceptors (Lipinski definition) is 18. The third-order valence-corrected chi connectivity index (χ3v) is 19.5. The molecule has 0 spiro atoms. The van der Waals surface area contributed by atoms with Crippen molar-refractivity contribution in [3.63, 3.8) is 0 Å². The second-order valence-electron chi connectivity index (χ2n) is 29.9. The zero-order valence-corrected chi connectivity index (χ0v) is 63.5. The van der Waals surface area contributed by atoms with Crippen LogP contribution >= 0.6 is 0 Å². The SMILES string of the molecule is CC[C@@H](Nc1c(Nc2cccc(C(=O)N(C)C)c2O)c(=O)n(C2CCCCC2)[nH]c1=O)c1ccccc1.C[C@H](Nc1c(Nc2cccc(C(=O)N(C)C)c2O)c(=O)n(C2CCCCC2)[nH]c1=O)C(C)(C)C.C[C@H](Nc1c(Nc2cccc(C(=O)N(C)C)c2O)c(=O)n(Cc2ccccc2)[nH]c1=O)C(C)(C)C. The molecule has 0 bridgehead atoms. The summed E-state index contributed by atoms with van der Waals surface area (Å²) in [6, 6.07) is 32.3. The van der Waals surface area contributed by atoms with E-state index in [2.05, 4.69) is 47.2 Å². The molecule has 568 valence electrons. The van der Waals surface area contributed by atoms with Gasteiger partial charge in [0.25, 0.3) is 51.1 Å². The lowest BCUT2D eigenvalue weighted by Crippen LogP contribution is -2.39. The number of phenolic OH excluding ortho intramolecular Hbond substituents is 3. The Morgan fingerprint density at radius 3 is 1.11 bits per heavy atom. The molecule has 2 aliphatic rings. The van der Waals surface area contributed by atoms with Gasteiger partial charge in [0, 0.05) is 54.4 Å². The van der Waals surface area contributed by atoms with E-state index in [1.165, 1.54) is 46.9 Å². The lowest BCUT2D eigenvalue weighted by atomic mass is 9.88. The molecule has 106 heavy (non-hydrogen) atoms. The van der Waals surface area contributed by atoms with E-state index in [1.807, 2.05) is 123 Å². The van der Waals surface area contributed by atoms with Gasteiger partial charge in [0.15, 0.2) is 17.2 Å². The summed E-state index contributed by atoms with van der Waals surface area (Å²) in [4.78, 5) is 122. The summed E-state index contributed by atoms with van der Waals surface area (Å²) in [6.07, 6.45) is 10.1. The van der Waals surface area contributed by atoms with Gasteiger partial charge in [-0.2, -0.15) is 0 Å². The Bertz CT molecular complexity index is 4780. The molecule has 0 aliphatic heterocycles. The Morgan fingerprint density at radius 2 is 0.774 bits per heavy atom. The second kappa shape index (κ2) is 35.0. The highest BCUT2D eigenvalue weighted by molar-refractivity contribution is 6.00. The molecule has 3 aromatic heterocycles. The van der Waals surface area contributed by atoms with Gasteiger partial charge < -0.3 is 61.9 Å². The molecule has 0 unspecified atom stereocenters. The first-order chi connectivity index (χ1) is 50.1. The Kier molecular flexibility index (Phi) is 26.6. The number of benzene rings is 5. The number of H-pyrrole nitrogens is 3. The zero-order valence-electron chi connectivity index (χ0n) is 63.5. The van der Waals surface area contributed by atoms with E-state index in [4.69, 9.17) is 0 Å². The summed E-state index contributed by atoms with van der Waals surface area (Å²) in [5, 5.41) is 59.4. The van der Waals surface area contributed by atoms with Crippen molar-refractivity contribution >= 4 is 68.9 Å². The van der Waals surface area contributed by atoms with Crippen LogP contribution < -0.4 is 65.3 Å². The van der Waals surface area contributed by atoms with Crippen molar-refractivity contribution in [2.45, 2.75) is 170 Å².